The molecule has 1 amide bonds. The summed E-state index contributed by atoms with van der Waals surface area (Å²) < 4.78 is 0. The molecule has 128 valence electrons. The smallest absolute Gasteiger partial charge is 0.223 e. The van der Waals surface area contributed by atoms with Crippen LogP contribution < -0.4 is 0 Å². The third-order valence-electron chi connectivity index (χ3n) is 5.17. The number of aromatic amines is 1. The highest BCUT2D eigenvalue weighted by Crippen LogP contribution is 2.41. The number of H-pyrrole nitrogens is 1. The molecule has 0 saturated carbocycles. The summed E-state index contributed by atoms with van der Waals surface area (Å²) in [5.41, 5.74) is 4.79. The minimum absolute atomic E-state index is 0.154. The van der Waals surface area contributed by atoms with Gasteiger partial charge >= 0.3 is 0 Å². The van der Waals surface area contributed by atoms with Crippen molar-refractivity contribution >= 4 is 16.8 Å². The lowest BCUT2D eigenvalue weighted by atomic mass is 9.97. The maximum absolute atomic E-state index is 12.6. The first-order valence-corrected chi connectivity index (χ1v) is 9.25. The van der Waals surface area contributed by atoms with E-state index in [0.29, 0.717) is 6.42 Å². The van der Waals surface area contributed by atoms with Gasteiger partial charge in [-0.25, -0.2) is 0 Å². The molecule has 1 N–H and O–H groups in total. The Hall–Kier alpha value is -2.55. The molecular formula is C22H24N2O. The maximum atomic E-state index is 12.6. The van der Waals surface area contributed by atoms with Crippen molar-refractivity contribution in [2.24, 2.45) is 0 Å². The zero-order valence-electron chi connectivity index (χ0n) is 14.7. The molecule has 1 atom stereocenters. The van der Waals surface area contributed by atoms with Crippen LogP contribution in [0.3, 0.4) is 0 Å². The first kappa shape index (κ1) is 15.9. The van der Waals surface area contributed by atoms with Crippen LogP contribution in [-0.4, -0.2) is 22.3 Å². The molecular weight excluding hydrogens is 308 g/mol. The highest BCUT2D eigenvalue weighted by atomic mass is 16.2. The number of para-hydroxylation sites is 1. The second-order valence-corrected chi connectivity index (χ2v) is 6.82. The van der Waals surface area contributed by atoms with Crippen LogP contribution in [0.4, 0.5) is 0 Å². The molecule has 0 bridgehead atoms. The predicted octanol–water partition coefficient (Wildman–Crippen LogP) is 5.30. The Morgan fingerprint density at radius 2 is 1.88 bits per heavy atom. The molecule has 1 unspecified atom stereocenters. The van der Waals surface area contributed by atoms with Crippen molar-refractivity contribution in [2.75, 3.05) is 6.54 Å². The fourth-order valence-electron chi connectivity index (χ4n) is 4.05. The minimum atomic E-state index is 0.154. The molecule has 1 aliphatic heterocycles. The molecule has 0 aliphatic carbocycles. The number of amides is 1. The fraction of sp³-hybridized carbons (Fsp3) is 0.318. The molecule has 1 saturated heterocycles. The van der Waals surface area contributed by atoms with Gasteiger partial charge in [-0.2, -0.15) is 0 Å². The van der Waals surface area contributed by atoms with E-state index in [-0.39, 0.29) is 11.9 Å². The predicted molar refractivity (Wildman–Crippen MR) is 102 cm³/mol. The number of benzene rings is 2. The first-order valence-electron chi connectivity index (χ1n) is 9.25. The second kappa shape index (κ2) is 6.75. The van der Waals surface area contributed by atoms with E-state index >= 15 is 0 Å². The summed E-state index contributed by atoms with van der Waals surface area (Å²) in [6.45, 7) is 2.94. The molecule has 0 radical (unpaired) electrons. The van der Waals surface area contributed by atoms with Crippen LogP contribution in [0.15, 0.2) is 54.6 Å². The molecule has 1 aromatic heterocycles. The van der Waals surface area contributed by atoms with Gasteiger partial charge in [0.25, 0.3) is 0 Å². The molecule has 0 spiro atoms. The number of likely N-dealkylation sites (tertiary alicyclic amines) is 1. The van der Waals surface area contributed by atoms with Crippen LogP contribution in [0.5, 0.6) is 0 Å². The van der Waals surface area contributed by atoms with E-state index in [4.69, 9.17) is 0 Å². The zero-order valence-corrected chi connectivity index (χ0v) is 14.7. The number of rotatable bonds is 4. The summed E-state index contributed by atoms with van der Waals surface area (Å²) in [6, 6.07) is 19.1. The molecule has 3 heteroatoms. The fourth-order valence-corrected chi connectivity index (χ4v) is 4.05. The molecule has 3 nitrogen and oxygen atoms in total. The van der Waals surface area contributed by atoms with Crippen LogP contribution in [-0.2, 0) is 4.79 Å². The summed E-state index contributed by atoms with van der Waals surface area (Å²) in [7, 11) is 0. The Labute approximate surface area is 148 Å². The molecule has 4 rings (SSSR count). The van der Waals surface area contributed by atoms with E-state index in [1.165, 1.54) is 22.2 Å². The van der Waals surface area contributed by atoms with Gasteiger partial charge in [0.15, 0.2) is 0 Å². The highest BCUT2D eigenvalue weighted by molar-refractivity contribution is 5.98. The lowest BCUT2D eigenvalue weighted by Gasteiger charge is -2.25. The van der Waals surface area contributed by atoms with E-state index in [0.717, 1.165) is 31.3 Å². The number of aromatic nitrogens is 1. The van der Waals surface area contributed by atoms with Crippen molar-refractivity contribution in [3.63, 3.8) is 0 Å². The highest BCUT2D eigenvalue weighted by Gasteiger charge is 2.32. The summed E-state index contributed by atoms with van der Waals surface area (Å²) >= 11 is 0. The SMILES string of the molecule is CCCC(=O)N1CCCC1c1[nH]c2ccccc2c1-c1ccccc1. The average molecular weight is 332 g/mol. The maximum Gasteiger partial charge on any atom is 0.223 e. The number of hydrogen-bond donors (Lipinski definition) is 1. The van der Waals surface area contributed by atoms with Gasteiger partial charge in [0.2, 0.25) is 5.91 Å². The standard InChI is InChI=1S/C22H24N2O/c1-2-9-20(25)24-15-8-14-19(24)22-21(16-10-4-3-5-11-16)17-12-6-7-13-18(17)23-22/h3-7,10-13,19,23H,2,8-9,14-15H2,1H3. The monoisotopic (exact) mass is 332 g/mol. The van der Waals surface area contributed by atoms with Crippen LogP contribution in [0.1, 0.15) is 44.3 Å². The third-order valence-corrected chi connectivity index (χ3v) is 5.17. The lowest BCUT2D eigenvalue weighted by Crippen LogP contribution is -2.30. The van der Waals surface area contributed by atoms with Crippen molar-refractivity contribution < 1.29 is 4.79 Å². The van der Waals surface area contributed by atoms with E-state index in [9.17, 15) is 4.79 Å². The van der Waals surface area contributed by atoms with Gasteiger partial charge in [-0.1, -0.05) is 55.5 Å². The summed E-state index contributed by atoms with van der Waals surface area (Å²) in [5, 5.41) is 1.23. The Bertz CT molecular complexity index is 881. The van der Waals surface area contributed by atoms with Gasteiger partial charge in [0.05, 0.1) is 6.04 Å². The topological polar surface area (TPSA) is 36.1 Å². The molecule has 3 aromatic rings. The number of hydrogen-bond acceptors (Lipinski definition) is 1. The Morgan fingerprint density at radius 1 is 1.12 bits per heavy atom. The van der Waals surface area contributed by atoms with E-state index < -0.39 is 0 Å². The first-order chi connectivity index (χ1) is 12.3. The average Bonchev–Trinajstić information content (AvgIpc) is 3.27. The Balaban J connectivity index is 1.85. The third kappa shape index (κ3) is 2.84. The summed E-state index contributed by atoms with van der Waals surface area (Å²) in [6.07, 6.45) is 3.64. The second-order valence-electron chi connectivity index (χ2n) is 6.82. The van der Waals surface area contributed by atoms with Gasteiger partial charge < -0.3 is 9.88 Å². The number of nitrogens with one attached hydrogen (secondary N) is 1. The number of carbonyl (C=O) groups is 1. The Kier molecular flexibility index (Phi) is 4.31. The van der Waals surface area contributed by atoms with Crippen LogP contribution in [0.2, 0.25) is 0 Å². The van der Waals surface area contributed by atoms with Crippen molar-refractivity contribution in [3.8, 4) is 11.1 Å². The molecule has 2 heterocycles. The van der Waals surface area contributed by atoms with Crippen LogP contribution in [0.25, 0.3) is 22.0 Å². The van der Waals surface area contributed by atoms with Crippen molar-refractivity contribution in [1.82, 2.24) is 9.88 Å². The quantitative estimate of drug-likeness (QED) is 0.691. The van der Waals surface area contributed by atoms with Crippen molar-refractivity contribution in [1.29, 1.82) is 0 Å². The molecule has 25 heavy (non-hydrogen) atoms. The van der Waals surface area contributed by atoms with E-state index in [1.807, 2.05) is 6.07 Å². The summed E-state index contributed by atoms with van der Waals surface area (Å²) in [4.78, 5) is 18.3. The number of nitrogens with zero attached hydrogens (tertiary/aromatic N) is 1. The van der Waals surface area contributed by atoms with Crippen LogP contribution >= 0.6 is 0 Å². The Morgan fingerprint density at radius 3 is 2.68 bits per heavy atom. The van der Waals surface area contributed by atoms with Crippen molar-refractivity contribution in [2.45, 2.75) is 38.6 Å². The minimum Gasteiger partial charge on any atom is -0.356 e. The van der Waals surface area contributed by atoms with Crippen molar-refractivity contribution in [3.05, 3.63) is 60.3 Å². The number of fused-ring (bicyclic) bond motifs is 1. The van der Waals surface area contributed by atoms with Gasteiger partial charge in [-0.05, 0) is 30.9 Å². The normalized spacial score (nSPS) is 17.3. The van der Waals surface area contributed by atoms with E-state index in [1.54, 1.807) is 0 Å². The summed E-state index contributed by atoms with van der Waals surface area (Å²) in [5.74, 6) is 0.280. The molecule has 2 aromatic carbocycles. The van der Waals surface area contributed by atoms with E-state index in [2.05, 4.69) is 65.3 Å². The molecule has 1 fully saturated rings. The zero-order chi connectivity index (χ0) is 17.2. The van der Waals surface area contributed by atoms with Gasteiger partial charge in [-0.3, -0.25) is 4.79 Å². The van der Waals surface area contributed by atoms with Gasteiger partial charge in [-0.15, -0.1) is 0 Å². The van der Waals surface area contributed by atoms with Gasteiger partial charge in [0, 0.05) is 35.1 Å². The van der Waals surface area contributed by atoms with Crippen LogP contribution in [0, 0.1) is 0 Å². The molecule has 1 aliphatic rings. The largest absolute Gasteiger partial charge is 0.356 e. The number of carbonyl (C=O) groups excluding carboxylic acids is 1. The van der Waals surface area contributed by atoms with Gasteiger partial charge in [0.1, 0.15) is 0 Å². The lowest BCUT2D eigenvalue weighted by molar-refractivity contribution is -0.132.